The van der Waals surface area contributed by atoms with Gasteiger partial charge in [0.05, 0.1) is 4.90 Å². The first-order valence-electron chi connectivity index (χ1n) is 6.46. The van der Waals surface area contributed by atoms with Crippen LogP contribution in [0.1, 0.15) is 12.8 Å². The Labute approximate surface area is 123 Å². The fourth-order valence-electron chi connectivity index (χ4n) is 2.14. The molecule has 1 aliphatic heterocycles. The van der Waals surface area contributed by atoms with Crippen LogP contribution in [0.15, 0.2) is 29.2 Å². The first kappa shape index (κ1) is 15.3. The lowest BCUT2D eigenvalue weighted by atomic mass is 10.1. The van der Waals surface area contributed by atoms with Crippen molar-refractivity contribution in [2.45, 2.75) is 23.8 Å². The Kier molecular flexibility index (Phi) is 5.01. The molecule has 0 spiro atoms. The van der Waals surface area contributed by atoms with Crippen LogP contribution in [-0.2, 0) is 14.6 Å². The van der Waals surface area contributed by atoms with Crippen LogP contribution in [0, 0.1) is 0 Å². The minimum absolute atomic E-state index is 0.0108. The van der Waals surface area contributed by atoms with Gasteiger partial charge in [0, 0.05) is 17.6 Å². The number of carbonyl (C=O) groups excluding carboxylic acids is 1. The quantitative estimate of drug-likeness (QED) is 0.868. The van der Waals surface area contributed by atoms with Crippen molar-refractivity contribution in [2.24, 2.45) is 0 Å². The van der Waals surface area contributed by atoms with Crippen molar-refractivity contribution in [2.75, 3.05) is 18.8 Å². The van der Waals surface area contributed by atoms with E-state index in [1.807, 2.05) is 0 Å². The van der Waals surface area contributed by atoms with Crippen molar-refractivity contribution < 1.29 is 13.2 Å². The minimum Gasteiger partial charge on any atom is -0.351 e. The molecule has 0 aliphatic carbocycles. The van der Waals surface area contributed by atoms with E-state index >= 15 is 0 Å². The van der Waals surface area contributed by atoms with E-state index in [0.29, 0.717) is 11.6 Å². The average molecular weight is 317 g/mol. The fraction of sp³-hybridized carbons (Fsp3) is 0.462. The van der Waals surface area contributed by atoms with Crippen molar-refractivity contribution in [3.8, 4) is 0 Å². The lowest BCUT2D eigenvalue weighted by molar-refractivity contribution is -0.119. The molecule has 5 nitrogen and oxygen atoms in total. The summed E-state index contributed by atoms with van der Waals surface area (Å²) < 4.78 is 24.2. The van der Waals surface area contributed by atoms with Gasteiger partial charge in [0.1, 0.15) is 5.75 Å². The molecule has 1 heterocycles. The molecular weight excluding hydrogens is 300 g/mol. The Hall–Kier alpha value is -1.11. The molecule has 1 amide bonds. The predicted molar refractivity (Wildman–Crippen MR) is 77.5 cm³/mol. The van der Waals surface area contributed by atoms with Crippen LogP contribution in [-0.4, -0.2) is 39.2 Å². The topological polar surface area (TPSA) is 75.3 Å². The molecule has 0 radical (unpaired) electrons. The third-order valence-electron chi connectivity index (χ3n) is 3.16. The minimum atomic E-state index is -3.62. The summed E-state index contributed by atoms with van der Waals surface area (Å²) in [6, 6.07) is 5.83. The molecule has 1 aromatic carbocycles. The third kappa shape index (κ3) is 4.19. The smallest absolute Gasteiger partial charge is 0.235 e. The first-order valence-corrected chi connectivity index (χ1v) is 8.49. The van der Waals surface area contributed by atoms with Gasteiger partial charge in [0.15, 0.2) is 9.84 Å². The molecule has 1 aromatic rings. The highest BCUT2D eigenvalue weighted by molar-refractivity contribution is 7.92. The van der Waals surface area contributed by atoms with E-state index in [4.69, 9.17) is 11.6 Å². The molecule has 1 aliphatic rings. The average Bonchev–Trinajstić information content (AvgIpc) is 2.39. The highest BCUT2D eigenvalue weighted by Crippen LogP contribution is 2.15. The van der Waals surface area contributed by atoms with Crippen molar-refractivity contribution in [1.82, 2.24) is 10.6 Å². The second-order valence-electron chi connectivity index (χ2n) is 4.82. The maximum atomic E-state index is 12.1. The fourth-order valence-corrected chi connectivity index (χ4v) is 3.41. The Morgan fingerprint density at radius 1 is 1.35 bits per heavy atom. The Balaban J connectivity index is 1.97. The van der Waals surface area contributed by atoms with Crippen LogP contribution in [0.3, 0.4) is 0 Å². The zero-order chi connectivity index (χ0) is 14.6. The largest absolute Gasteiger partial charge is 0.351 e. The number of sulfone groups is 1. The highest BCUT2D eigenvalue weighted by atomic mass is 35.5. The van der Waals surface area contributed by atoms with Gasteiger partial charge < -0.3 is 10.6 Å². The molecule has 2 N–H and O–H groups in total. The SMILES string of the molecule is O=C(CS(=O)(=O)c1ccc(Cl)cc1)NC1CCCNC1. The zero-order valence-corrected chi connectivity index (χ0v) is 12.5. The van der Waals surface area contributed by atoms with E-state index in [0.717, 1.165) is 19.4 Å². The van der Waals surface area contributed by atoms with Gasteiger partial charge in [0.25, 0.3) is 0 Å². The van der Waals surface area contributed by atoms with Crippen LogP contribution in [0.4, 0.5) is 0 Å². The summed E-state index contributed by atoms with van der Waals surface area (Å²) in [6.45, 7) is 1.63. The lowest BCUT2D eigenvalue weighted by Crippen LogP contribution is -2.47. The lowest BCUT2D eigenvalue weighted by Gasteiger charge is -2.23. The van der Waals surface area contributed by atoms with E-state index in [1.54, 1.807) is 0 Å². The zero-order valence-electron chi connectivity index (χ0n) is 10.9. The highest BCUT2D eigenvalue weighted by Gasteiger charge is 2.22. The van der Waals surface area contributed by atoms with Crippen molar-refractivity contribution in [3.63, 3.8) is 0 Å². The van der Waals surface area contributed by atoms with Crippen LogP contribution in [0.5, 0.6) is 0 Å². The summed E-state index contributed by atoms with van der Waals surface area (Å²) >= 11 is 5.72. The Morgan fingerprint density at radius 2 is 2.05 bits per heavy atom. The number of benzene rings is 1. The summed E-state index contributed by atoms with van der Waals surface area (Å²) in [5.74, 6) is -1.00. The van der Waals surface area contributed by atoms with Crippen LogP contribution in [0.2, 0.25) is 5.02 Å². The molecule has 1 unspecified atom stereocenters. The van der Waals surface area contributed by atoms with Crippen molar-refractivity contribution in [3.05, 3.63) is 29.3 Å². The number of carbonyl (C=O) groups is 1. The summed E-state index contributed by atoms with van der Waals surface area (Å²) in [6.07, 6.45) is 1.86. The summed E-state index contributed by atoms with van der Waals surface area (Å²) in [7, 11) is -3.62. The number of piperidine rings is 1. The number of nitrogens with one attached hydrogen (secondary N) is 2. The van der Waals surface area contributed by atoms with E-state index in [2.05, 4.69) is 10.6 Å². The van der Waals surface area contributed by atoms with E-state index in [9.17, 15) is 13.2 Å². The standard InChI is InChI=1S/C13H17ClN2O3S/c14-10-3-5-12(6-4-10)20(18,19)9-13(17)16-11-2-1-7-15-8-11/h3-6,11,15H,1-2,7-9H2,(H,16,17). The van der Waals surface area contributed by atoms with Gasteiger partial charge in [-0.25, -0.2) is 8.42 Å². The van der Waals surface area contributed by atoms with Gasteiger partial charge in [-0.2, -0.15) is 0 Å². The van der Waals surface area contributed by atoms with Gasteiger partial charge in [0.2, 0.25) is 5.91 Å². The summed E-state index contributed by atoms with van der Waals surface area (Å²) in [5.41, 5.74) is 0. The number of hydrogen-bond acceptors (Lipinski definition) is 4. The number of hydrogen-bond donors (Lipinski definition) is 2. The maximum Gasteiger partial charge on any atom is 0.235 e. The molecule has 7 heteroatoms. The van der Waals surface area contributed by atoms with Gasteiger partial charge >= 0.3 is 0 Å². The van der Waals surface area contributed by atoms with Crippen molar-refractivity contribution in [1.29, 1.82) is 0 Å². The van der Waals surface area contributed by atoms with Crippen LogP contribution >= 0.6 is 11.6 Å². The number of amides is 1. The molecule has 20 heavy (non-hydrogen) atoms. The van der Waals surface area contributed by atoms with Crippen molar-refractivity contribution >= 4 is 27.3 Å². The molecule has 0 bridgehead atoms. The van der Waals surface area contributed by atoms with Gasteiger partial charge in [-0.05, 0) is 43.7 Å². The molecule has 2 rings (SSSR count). The second kappa shape index (κ2) is 6.56. The van der Waals surface area contributed by atoms with E-state index < -0.39 is 21.5 Å². The maximum absolute atomic E-state index is 12.1. The number of halogens is 1. The van der Waals surface area contributed by atoms with Gasteiger partial charge in [-0.1, -0.05) is 11.6 Å². The summed E-state index contributed by atoms with van der Waals surface area (Å²) in [5, 5.41) is 6.37. The molecule has 1 saturated heterocycles. The summed E-state index contributed by atoms with van der Waals surface area (Å²) in [4.78, 5) is 11.9. The van der Waals surface area contributed by atoms with Gasteiger partial charge in [-0.3, -0.25) is 4.79 Å². The van der Waals surface area contributed by atoms with Gasteiger partial charge in [-0.15, -0.1) is 0 Å². The second-order valence-corrected chi connectivity index (χ2v) is 7.25. The first-order chi connectivity index (χ1) is 9.47. The molecule has 1 fully saturated rings. The van der Waals surface area contributed by atoms with Crippen LogP contribution < -0.4 is 10.6 Å². The molecule has 0 saturated carbocycles. The Bertz CT molecular complexity index is 566. The van der Waals surface area contributed by atoms with E-state index in [-0.39, 0.29) is 10.9 Å². The molecule has 110 valence electrons. The monoisotopic (exact) mass is 316 g/mol. The van der Waals surface area contributed by atoms with Crippen LogP contribution in [0.25, 0.3) is 0 Å². The molecular formula is C13H17ClN2O3S. The number of rotatable bonds is 4. The Morgan fingerprint density at radius 3 is 2.65 bits per heavy atom. The van der Waals surface area contributed by atoms with E-state index in [1.165, 1.54) is 24.3 Å². The predicted octanol–water partition coefficient (Wildman–Crippen LogP) is 0.982. The normalized spacial score (nSPS) is 19.6. The molecule has 0 aromatic heterocycles. The third-order valence-corrected chi connectivity index (χ3v) is 5.04. The molecule has 1 atom stereocenters.